The van der Waals surface area contributed by atoms with Gasteiger partial charge in [0.25, 0.3) is 0 Å². The number of aliphatic hydroxyl groups is 1. The molecule has 0 amide bonds. The van der Waals surface area contributed by atoms with Gasteiger partial charge in [0.1, 0.15) is 18.0 Å². The number of carbonyl (C=O) groups excluding carboxylic acids is 1. The molecule has 0 radical (unpaired) electrons. The highest BCUT2D eigenvalue weighted by Gasteiger charge is 2.31. The summed E-state index contributed by atoms with van der Waals surface area (Å²) in [5.74, 6) is -0.195. The van der Waals surface area contributed by atoms with Crippen molar-refractivity contribution in [2.24, 2.45) is 0 Å². The van der Waals surface area contributed by atoms with Crippen LogP contribution in [0.4, 0.5) is 0 Å². The summed E-state index contributed by atoms with van der Waals surface area (Å²) >= 11 is 0. The van der Waals surface area contributed by atoms with Gasteiger partial charge in [0.15, 0.2) is 0 Å². The van der Waals surface area contributed by atoms with E-state index in [1.807, 2.05) is 30.3 Å². The molecule has 0 fully saturated rings. The van der Waals surface area contributed by atoms with Crippen molar-refractivity contribution in [3.8, 4) is 0 Å². The molecule has 4 nitrogen and oxygen atoms in total. The number of esters is 1. The zero-order chi connectivity index (χ0) is 13.0. The Morgan fingerprint density at radius 1 is 1.33 bits per heavy atom. The maximum absolute atomic E-state index is 11.3. The second kappa shape index (κ2) is 5.69. The van der Waals surface area contributed by atoms with E-state index in [0.29, 0.717) is 6.42 Å². The lowest BCUT2D eigenvalue weighted by atomic mass is 10.0. The molecule has 0 saturated heterocycles. The summed E-state index contributed by atoms with van der Waals surface area (Å²) in [7, 11) is 1.43. The first-order chi connectivity index (χ1) is 8.70. The number of cyclic esters (lactones) is 1. The Morgan fingerprint density at radius 3 is 2.72 bits per heavy atom. The molecular weight excluding hydrogens is 232 g/mol. The van der Waals surface area contributed by atoms with E-state index in [2.05, 4.69) is 0 Å². The summed E-state index contributed by atoms with van der Waals surface area (Å²) in [6.45, 7) is 0. The number of aryl methyl sites for hydroxylation is 1. The monoisotopic (exact) mass is 248 g/mol. The molecule has 0 aromatic heterocycles. The number of hydrogen-bond acceptors (Lipinski definition) is 4. The van der Waals surface area contributed by atoms with Crippen LogP contribution in [-0.4, -0.2) is 30.4 Å². The van der Waals surface area contributed by atoms with E-state index in [9.17, 15) is 9.90 Å². The zero-order valence-electron chi connectivity index (χ0n) is 10.2. The first kappa shape index (κ1) is 12.6. The zero-order valence-corrected chi connectivity index (χ0v) is 10.2. The van der Waals surface area contributed by atoms with Crippen LogP contribution < -0.4 is 0 Å². The van der Waals surface area contributed by atoms with Crippen molar-refractivity contribution in [1.29, 1.82) is 0 Å². The summed E-state index contributed by atoms with van der Waals surface area (Å²) in [4.78, 5) is 11.3. The maximum atomic E-state index is 11.3. The quantitative estimate of drug-likeness (QED) is 0.819. The van der Waals surface area contributed by atoms with Gasteiger partial charge in [-0.2, -0.15) is 0 Å². The summed E-state index contributed by atoms with van der Waals surface area (Å²) in [6.07, 6.45) is 1.07. The third-order valence-electron chi connectivity index (χ3n) is 2.97. The molecule has 1 aliphatic rings. The van der Waals surface area contributed by atoms with Crippen molar-refractivity contribution in [2.45, 2.75) is 25.0 Å². The van der Waals surface area contributed by atoms with Crippen LogP contribution in [0.2, 0.25) is 0 Å². The molecule has 0 aliphatic carbocycles. The molecule has 0 bridgehead atoms. The molecule has 1 aromatic rings. The van der Waals surface area contributed by atoms with E-state index in [4.69, 9.17) is 9.47 Å². The number of benzene rings is 1. The molecule has 2 rings (SSSR count). The van der Waals surface area contributed by atoms with E-state index in [1.54, 1.807) is 0 Å². The van der Waals surface area contributed by atoms with Gasteiger partial charge in [-0.1, -0.05) is 30.3 Å². The van der Waals surface area contributed by atoms with E-state index in [0.717, 1.165) is 12.0 Å². The Kier molecular flexibility index (Phi) is 3.99. The molecule has 0 spiro atoms. The molecule has 0 saturated carbocycles. The van der Waals surface area contributed by atoms with Crippen molar-refractivity contribution < 1.29 is 19.4 Å². The van der Waals surface area contributed by atoms with Crippen LogP contribution >= 0.6 is 0 Å². The summed E-state index contributed by atoms with van der Waals surface area (Å²) in [5.41, 5.74) is 1.15. The van der Waals surface area contributed by atoms with Gasteiger partial charge in [0.2, 0.25) is 0 Å². The van der Waals surface area contributed by atoms with E-state index in [-0.39, 0.29) is 5.76 Å². The van der Waals surface area contributed by atoms with Gasteiger partial charge in [0, 0.05) is 0 Å². The topological polar surface area (TPSA) is 55.8 Å². The van der Waals surface area contributed by atoms with Crippen molar-refractivity contribution in [3.63, 3.8) is 0 Å². The molecular formula is C14H16O4. The van der Waals surface area contributed by atoms with Crippen LogP contribution in [0.3, 0.4) is 0 Å². The highest BCUT2D eigenvalue weighted by Crippen LogP contribution is 2.21. The van der Waals surface area contributed by atoms with Crippen LogP contribution in [0.25, 0.3) is 0 Å². The second-order valence-corrected chi connectivity index (χ2v) is 4.20. The number of methoxy groups -OCH3 is 1. The Balaban J connectivity index is 1.98. The fraction of sp³-hybridized carbons (Fsp3) is 0.357. The smallest absolute Gasteiger partial charge is 0.334 e. The van der Waals surface area contributed by atoms with Crippen LogP contribution in [0, 0.1) is 0 Å². The lowest BCUT2D eigenvalue weighted by molar-refractivity contribution is -0.153. The van der Waals surface area contributed by atoms with Crippen molar-refractivity contribution in [1.82, 2.24) is 0 Å². The molecule has 2 atom stereocenters. The van der Waals surface area contributed by atoms with Crippen LogP contribution in [0.1, 0.15) is 12.0 Å². The lowest BCUT2D eigenvalue weighted by Crippen LogP contribution is -2.37. The van der Waals surface area contributed by atoms with Gasteiger partial charge >= 0.3 is 5.97 Å². The Morgan fingerprint density at radius 2 is 2.06 bits per heavy atom. The first-order valence-corrected chi connectivity index (χ1v) is 5.89. The average molecular weight is 248 g/mol. The molecule has 1 N–H and O–H groups in total. The van der Waals surface area contributed by atoms with Crippen LogP contribution in [0.15, 0.2) is 42.2 Å². The van der Waals surface area contributed by atoms with Crippen molar-refractivity contribution >= 4 is 5.97 Å². The highest BCUT2D eigenvalue weighted by molar-refractivity contribution is 5.83. The van der Waals surface area contributed by atoms with Crippen molar-refractivity contribution in [3.05, 3.63) is 47.7 Å². The SMILES string of the molecule is COC1=CC(=O)OC(CCc2ccccc2)C1O. The minimum atomic E-state index is -0.878. The number of hydrogen-bond donors (Lipinski definition) is 1. The maximum Gasteiger partial charge on any atom is 0.334 e. The van der Waals surface area contributed by atoms with E-state index >= 15 is 0 Å². The predicted molar refractivity (Wildman–Crippen MR) is 65.7 cm³/mol. The predicted octanol–water partition coefficient (Wildman–Crippen LogP) is 1.44. The molecule has 96 valence electrons. The minimum Gasteiger partial charge on any atom is -0.498 e. The summed E-state index contributed by atoms with van der Waals surface area (Å²) in [5, 5.41) is 9.95. The molecule has 1 aromatic carbocycles. The fourth-order valence-corrected chi connectivity index (χ4v) is 1.98. The third-order valence-corrected chi connectivity index (χ3v) is 2.97. The molecule has 1 aliphatic heterocycles. The van der Waals surface area contributed by atoms with Crippen molar-refractivity contribution in [2.75, 3.05) is 7.11 Å². The standard InChI is InChI=1S/C14H16O4/c1-17-12-9-13(15)18-11(14(12)16)8-7-10-5-3-2-4-6-10/h2-6,9,11,14,16H,7-8H2,1H3. The van der Waals surface area contributed by atoms with E-state index < -0.39 is 18.2 Å². The van der Waals surface area contributed by atoms with Gasteiger partial charge in [0.05, 0.1) is 13.2 Å². The molecule has 1 heterocycles. The van der Waals surface area contributed by atoms with E-state index in [1.165, 1.54) is 13.2 Å². The summed E-state index contributed by atoms with van der Waals surface area (Å²) in [6, 6.07) is 9.87. The van der Waals surface area contributed by atoms with Gasteiger partial charge < -0.3 is 14.6 Å². The first-order valence-electron chi connectivity index (χ1n) is 5.89. The van der Waals surface area contributed by atoms with Crippen LogP contribution in [0.5, 0.6) is 0 Å². The van der Waals surface area contributed by atoms with Gasteiger partial charge in [-0.15, -0.1) is 0 Å². The number of carbonyl (C=O) groups is 1. The highest BCUT2D eigenvalue weighted by atomic mass is 16.6. The minimum absolute atomic E-state index is 0.268. The van der Waals surface area contributed by atoms with Gasteiger partial charge in [-0.3, -0.25) is 0 Å². The molecule has 2 unspecified atom stereocenters. The van der Waals surface area contributed by atoms with Gasteiger partial charge in [-0.05, 0) is 18.4 Å². The fourth-order valence-electron chi connectivity index (χ4n) is 1.98. The Bertz CT molecular complexity index is 438. The normalized spacial score (nSPS) is 23.2. The number of rotatable bonds is 4. The Labute approximate surface area is 106 Å². The average Bonchev–Trinajstić information content (AvgIpc) is 2.40. The van der Waals surface area contributed by atoms with Gasteiger partial charge in [-0.25, -0.2) is 4.79 Å². The lowest BCUT2D eigenvalue weighted by Gasteiger charge is -2.27. The largest absolute Gasteiger partial charge is 0.498 e. The number of ether oxygens (including phenoxy) is 2. The molecule has 18 heavy (non-hydrogen) atoms. The third kappa shape index (κ3) is 2.90. The Hall–Kier alpha value is -1.81. The summed E-state index contributed by atoms with van der Waals surface area (Å²) < 4.78 is 10.1. The second-order valence-electron chi connectivity index (χ2n) is 4.20. The molecule has 4 heteroatoms. The number of aliphatic hydroxyl groups excluding tert-OH is 1. The van der Waals surface area contributed by atoms with Crippen LogP contribution in [-0.2, 0) is 20.7 Å².